The smallest absolute Gasteiger partial charge is 0.164 e. The molecule has 0 aliphatic heterocycles. The summed E-state index contributed by atoms with van der Waals surface area (Å²) in [6, 6.07) is 61.7. The molecule has 0 fully saturated rings. The minimum absolute atomic E-state index is 0.655. The summed E-state index contributed by atoms with van der Waals surface area (Å²) in [6.07, 6.45) is 3.86. The highest BCUT2D eigenvalue weighted by Crippen LogP contribution is 2.37. The third-order valence-corrected chi connectivity index (χ3v) is 11.0. The largest absolute Gasteiger partial charge is 0.309 e. The van der Waals surface area contributed by atoms with E-state index < -0.39 is 0 Å². The average molecular weight is 731 g/mol. The Morgan fingerprint density at radius 2 is 0.895 bits per heavy atom. The molecule has 0 unspecified atom stereocenters. The van der Waals surface area contributed by atoms with Gasteiger partial charge in [0, 0.05) is 62.0 Å². The van der Waals surface area contributed by atoms with Gasteiger partial charge < -0.3 is 9.13 Å². The van der Waals surface area contributed by atoms with Crippen molar-refractivity contribution in [1.29, 1.82) is 0 Å². The lowest BCUT2D eigenvalue weighted by atomic mass is 9.99. The molecular formula is C51H34N6. The van der Waals surface area contributed by atoms with Gasteiger partial charge in [-0.15, -0.1) is 0 Å². The molecule has 0 aliphatic rings. The Balaban J connectivity index is 0.967. The highest BCUT2D eigenvalue weighted by Gasteiger charge is 2.18. The minimum Gasteiger partial charge on any atom is -0.309 e. The van der Waals surface area contributed by atoms with E-state index in [0.717, 1.165) is 66.6 Å². The fraction of sp³-hybridized carbons (Fsp3) is 0.0196. The first kappa shape index (κ1) is 32.7. The molecule has 11 rings (SSSR count). The topological polar surface area (TPSA) is 61.4 Å². The zero-order valence-electron chi connectivity index (χ0n) is 31.1. The number of hydrogen-bond acceptors (Lipinski definition) is 4. The molecule has 11 aromatic rings. The number of fused-ring (bicyclic) bond motifs is 6. The molecule has 7 aromatic carbocycles. The van der Waals surface area contributed by atoms with E-state index in [2.05, 4.69) is 136 Å². The zero-order chi connectivity index (χ0) is 37.9. The number of aryl methyl sites for hydroxylation is 1. The van der Waals surface area contributed by atoms with Crippen LogP contribution >= 0.6 is 0 Å². The first-order valence-corrected chi connectivity index (χ1v) is 19.1. The van der Waals surface area contributed by atoms with E-state index in [1.807, 2.05) is 73.1 Å². The predicted octanol–water partition coefficient (Wildman–Crippen LogP) is 12.4. The molecule has 57 heavy (non-hydrogen) atoms. The standard InChI is InChI=1S/C51H34N6/c1-33-30-37(22-26-40(33)51-54-49(35-12-4-2-5-13-35)53-50(55-51)36-14-6-3-7-15-36)34-20-23-38(24-21-34)56-47-27-25-39(31-43(47)44-32-52-29-28-48(44)56)57-45-18-10-8-16-41(45)42-17-9-11-19-46(42)57/h2-32H,1H3. The molecule has 0 bridgehead atoms. The monoisotopic (exact) mass is 730 g/mol. The van der Waals surface area contributed by atoms with Gasteiger partial charge in [0.15, 0.2) is 17.5 Å². The van der Waals surface area contributed by atoms with Crippen LogP contribution in [0.25, 0.3) is 100 Å². The lowest BCUT2D eigenvalue weighted by Gasteiger charge is -2.12. The first-order chi connectivity index (χ1) is 28.2. The van der Waals surface area contributed by atoms with Gasteiger partial charge in [0.2, 0.25) is 0 Å². The number of rotatable bonds is 6. The van der Waals surface area contributed by atoms with Crippen LogP contribution in [0.1, 0.15) is 5.56 Å². The van der Waals surface area contributed by atoms with Crippen molar-refractivity contribution in [1.82, 2.24) is 29.1 Å². The molecule has 0 spiro atoms. The molecular weight excluding hydrogens is 697 g/mol. The maximum Gasteiger partial charge on any atom is 0.164 e. The summed E-state index contributed by atoms with van der Waals surface area (Å²) in [7, 11) is 0. The van der Waals surface area contributed by atoms with Crippen molar-refractivity contribution < 1.29 is 0 Å². The summed E-state index contributed by atoms with van der Waals surface area (Å²) < 4.78 is 4.71. The summed E-state index contributed by atoms with van der Waals surface area (Å²) in [4.78, 5) is 19.4. The van der Waals surface area contributed by atoms with Crippen molar-refractivity contribution in [3.05, 3.63) is 194 Å². The van der Waals surface area contributed by atoms with Crippen LogP contribution < -0.4 is 0 Å². The number of para-hydroxylation sites is 2. The molecule has 0 radical (unpaired) electrons. The van der Waals surface area contributed by atoms with Gasteiger partial charge in [0.25, 0.3) is 0 Å². The van der Waals surface area contributed by atoms with Crippen LogP contribution in [0.15, 0.2) is 188 Å². The summed E-state index contributed by atoms with van der Waals surface area (Å²) in [5, 5.41) is 4.79. The van der Waals surface area contributed by atoms with Gasteiger partial charge in [-0.1, -0.05) is 127 Å². The Bertz CT molecular complexity index is 3180. The third kappa shape index (κ3) is 5.49. The van der Waals surface area contributed by atoms with Gasteiger partial charge in [0.1, 0.15) is 0 Å². The van der Waals surface area contributed by atoms with Crippen molar-refractivity contribution in [2.75, 3.05) is 0 Å². The predicted molar refractivity (Wildman–Crippen MR) is 233 cm³/mol. The van der Waals surface area contributed by atoms with Gasteiger partial charge in [-0.2, -0.15) is 0 Å². The van der Waals surface area contributed by atoms with E-state index in [0.29, 0.717) is 17.5 Å². The summed E-state index contributed by atoms with van der Waals surface area (Å²) in [6.45, 7) is 2.13. The molecule has 0 N–H and O–H groups in total. The lowest BCUT2D eigenvalue weighted by molar-refractivity contribution is 1.07. The molecule has 268 valence electrons. The minimum atomic E-state index is 0.655. The van der Waals surface area contributed by atoms with E-state index in [-0.39, 0.29) is 0 Å². The van der Waals surface area contributed by atoms with Gasteiger partial charge in [-0.05, 0) is 72.1 Å². The Hall–Kier alpha value is -7.70. The summed E-state index contributed by atoms with van der Waals surface area (Å²) in [5.41, 5.74) is 13.1. The van der Waals surface area contributed by atoms with Crippen LogP contribution in [0.5, 0.6) is 0 Å². The number of benzene rings is 7. The second-order valence-electron chi connectivity index (χ2n) is 14.4. The summed E-state index contributed by atoms with van der Waals surface area (Å²) in [5.74, 6) is 1.97. The van der Waals surface area contributed by atoms with E-state index in [9.17, 15) is 0 Å². The molecule has 4 heterocycles. The van der Waals surface area contributed by atoms with E-state index in [1.54, 1.807) is 0 Å². The van der Waals surface area contributed by atoms with Crippen LogP contribution in [-0.2, 0) is 0 Å². The Morgan fingerprint density at radius 3 is 1.54 bits per heavy atom. The van der Waals surface area contributed by atoms with Crippen molar-refractivity contribution in [2.45, 2.75) is 6.92 Å². The van der Waals surface area contributed by atoms with Crippen LogP contribution in [0, 0.1) is 6.92 Å². The van der Waals surface area contributed by atoms with Crippen LogP contribution in [0.2, 0.25) is 0 Å². The molecule has 6 nitrogen and oxygen atoms in total. The molecule has 6 heteroatoms. The SMILES string of the molecule is Cc1cc(-c2ccc(-n3c4ccncc4c4cc(-n5c6ccccc6c6ccccc65)ccc43)cc2)ccc1-c1nc(-c2ccccc2)nc(-c2ccccc2)n1. The highest BCUT2D eigenvalue weighted by molar-refractivity contribution is 6.12. The fourth-order valence-electron chi connectivity index (χ4n) is 8.30. The number of hydrogen-bond donors (Lipinski definition) is 0. The maximum absolute atomic E-state index is 4.97. The first-order valence-electron chi connectivity index (χ1n) is 19.1. The zero-order valence-corrected chi connectivity index (χ0v) is 31.1. The van der Waals surface area contributed by atoms with Gasteiger partial charge in [-0.25, -0.2) is 15.0 Å². The van der Waals surface area contributed by atoms with Crippen molar-refractivity contribution in [3.8, 4) is 56.7 Å². The van der Waals surface area contributed by atoms with E-state index >= 15 is 0 Å². The van der Waals surface area contributed by atoms with Gasteiger partial charge in [0.05, 0.1) is 22.1 Å². The number of nitrogens with zero attached hydrogens (tertiary/aromatic N) is 6. The second-order valence-corrected chi connectivity index (χ2v) is 14.4. The summed E-state index contributed by atoms with van der Waals surface area (Å²) >= 11 is 0. The number of aromatic nitrogens is 6. The third-order valence-electron chi connectivity index (χ3n) is 11.0. The molecule has 0 aliphatic carbocycles. The quantitative estimate of drug-likeness (QED) is 0.171. The average Bonchev–Trinajstić information content (AvgIpc) is 3.79. The van der Waals surface area contributed by atoms with E-state index in [4.69, 9.17) is 15.0 Å². The molecule has 0 saturated carbocycles. The van der Waals surface area contributed by atoms with E-state index in [1.165, 1.54) is 21.8 Å². The Labute approximate surface area is 329 Å². The van der Waals surface area contributed by atoms with Gasteiger partial charge >= 0.3 is 0 Å². The fourth-order valence-corrected chi connectivity index (χ4v) is 8.30. The lowest BCUT2D eigenvalue weighted by Crippen LogP contribution is -2.01. The van der Waals surface area contributed by atoms with Gasteiger partial charge in [-0.3, -0.25) is 4.98 Å². The van der Waals surface area contributed by atoms with Crippen LogP contribution in [0.3, 0.4) is 0 Å². The molecule has 0 saturated heterocycles. The highest BCUT2D eigenvalue weighted by atomic mass is 15.0. The Morgan fingerprint density at radius 1 is 0.368 bits per heavy atom. The van der Waals surface area contributed by atoms with Crippen LogP contribution in [0.4, 0.5) is 0 Å². The van der Waals surface area contributed by atoms with Crippen molar-refractivity contribution in [3.63, 3.8) is 0 Å². The Kier molecular flexibility index (Phi) is 7.60. The van der Waals surface area contributed by atoms with Crippen molar-refractivity contribution in [2.24, 2.45) is 0 Å². The molecule has 0 amide bonds. The van der Waals surface area contributed by atoms with Crippen LogP contribution in [-0.4, -0.2) is 29.1 Å². The maximum atomic E-state index is 4.97. The normalized spacial score (nSPS) is 11.6. The number of pyridine rings is 1. The molecule has 4 aromatic heterocycles. The van der Waals surface area contributed by atoms with Crippen molar-refractivity contribution >= 4 is 43.6 Å². The second kappa shape index (κ2) is 13.3. The molecule has 0 atom stereocenters.